The van der Waals surface area contributed by atoms with Crippen LogP contribution in [0.3, 0.4) is 0 Å². The number of rotatable bonds is 7. The standard InChI is InChI=1S/C14H22N2O2S/c17-14(11-13-3-1-10-19-13)16-6-2-9-18-12-4-7-15-8-5-12/h1,3,10,12,15H,2,4-9,11H2,(H,16,17). The fourth-order valence-corrected chi connectivity index (χ4v) is 2.85. The van der Waals surface area contributed by atoms with Crippen LogP contribution in [0.2, 0.25) is 0 Å². The molecule has 0 atom stereocenters. The molecule has 1 aliphatic rings. The lowest BCUT2D eigenvalue weighted by Gasteiger charge is -2.22. The van der Waals surface area contributed by atoms with E-state index in [0.717, 1.165) is 43.8 Å². The van der Waals surface area contributed by atoms with E-state index < -0.39 is 0 Å². The van der Waals surface area contributed by atoms with Crippen molar-refractivity contribution in [2.24, 2.45) is 0 Å². The van der Waals surface area contributed by atoms with E-state index in [1.54, 1.807) is 11.3 Å². The number of amides is 1. The Morgan fingerprint density at radius 2 is 2.32 bits per heavy atom. The number of thiophene rings is 1. The Bertz CT molecular complexity index is 362. The third-order valence-corrected chi connectivity index (χ3v) is 4.07. The summed E-state index contributed by atoms with van der Waals surface area (Å²) in [6.45, 7) is 3.56. The first kappa shape index (κ1) is 14.5. The van der Waals surface area contributed by atoms with Gasteiger partial charge in [-0.3, -0.25) is 4.79 Å². The van der Waals surface area contributed by atoms with Crippen molar-refractivity contribution < 1.29 is 9.53 Å². The maximum absolute atomic E-state index is 11.6. The van der Waals surface area contributed by atoms with Gasteiger partial charge in [0.2, 0.25) is 5.91 Å². The summed E-state index contributed by atoms with van der Waals surface area (Å²) in [5.74, 6) is 0.101. The van der Waals surface area contributed by atoms with Gasteiger partial charge in [0.15, 0.2) is 0 Å². The zero-order chi connectivity index (χ0) is 13.3. The molecule has 1 saturated heterocycles. The maximum Gasteiger partial charge on any atom is 0.225 e. The van der Waals surface area contributed by atoms with E-state index in [1.807, 2.05) is 17.5 Å². The van der Waals surface area contributed by atoms with Gasteiger partial charge in [-0.1, -0.05) is 6.07 Å². The zero-order valence-electron chi connectivity index (χ0n) is 11.2. The van der Waals surface area contributed by atoms with Crippen LogP contribution in [0.5, 0.6) is 0 Å². The number of piperidine rings is 1. The highest BCUT2D eigenvalue weighted by Crippen LogP contribution is 2.09. The first-order chi connectivity index (χ1) is 9.34. The highest BCUT2D eigenvalue weighted by Gasteiger charge is 2.12. The Hall–Kier alpha value is -0.910. The van der Waals surface area contributed by atoms with Gasteiger partial charge < -0.3 is 15.4 Å². The van der Waals surface area contributed by atoms with Crippen LogP contribution in [0.15, 0.2) is 17.5 Å². The predicted octanol–water partition coefficient (Wildman–Crippen LogP) is 1.57. The minimum atomic E-state index is 0.101. The van der Waals surface area contributed by atoms with Crippen molar-refractivity contribution in [1.82, 2.24) is 10.6 Å². The SMILES string of the molecule is O=C(Cc1cccs1)NCCCOC1CCNCC1. The third-order valence-electron chi connectivity index (χ3n) is 3.20. The minimum Gasteiger partial charge on any atom is -0.378 e. The molecular formula is C14H22N2O2S. The molecule has 1 amide bonds. The van der Waals surface area contributed by atoms with E-state index in [-0.39, 0.29) is 5.91 Å². The molecule has 19 heavy (non-hydrogen) atoms. The zero-order valence-corrected chi connectivity index (χ0v) is 12.0. The lowest BCUT2D eigenvalue weighted by atomic mass is 10.1. The Morgan fingerprint density at radius 1 is 1.47 bits per heavy atom. The molecule has 106 valence electrons. The second-order valence-electron chi connectivity index (χ2n) is 4.78. The van der Waals surface area contributed by atoms with Gasteiger partial charge in [0.05, 0.1) is 12.5 Å². The molecule has 2 N–H and O–H groups in total. The molecule has 1 fully saturated rings. The first-order valence-corrected chi connectivity index (χ1v) is 7.84. The fourth-order valence-electron chi connectivity index (χ4n) is 2.15. The number of nitrogens with one attached hydrogen (secondary N) is 2. The molecule has 0 spiro atoms. The normalized spacial score (nSPS) is 16.4. The van der Waals surface area contributed by atoms with Gasteiger partial charge in [0.1, 0.15) is 0 Å². The van der Waals surface area contributed by atoms with Crippen molar-refractivity contribution in [3.63, 3.8) is 0 Å². The van der Waals surface area contributed by atoms with Gasteiger partial charge in [-0.05, 0) is 43.8 Å². The van der Waals surface area contributed by atoms with Crippen LogP contribution in [-0.2, 0) is 16.0 Å². The van der Waals surface area contributed by atoms with Crippen molar-refractivity contribution in [3.05, 3.63) is 22.4 Å². The van der Waals surface area contributed by atoms with Crippen molar-refractivity contribution in [1.29, 1.82) is 0 Å². The summed E-state index contributed by atoms with van der Waals surface area (Å²) < 4.78 is 5.78. The van der Waals surface area contributed by atoms with Gasteiger partial charge in [0, 0.05) is 18.0 Å². The summed E-state index contributed by atoms with van der Waals surface area (Å²) in [5.41, 5.74) is 0. The lowest BCUT2D eigenvalue weighted by molar-refractivity contribution is -0.120. The average molecular weight is 282 g/mol. The lowest BCUT2D eigenvalue weighted by Crippen LogP contribution is -2.33. The topological polar surface area (TPSA) is 50.4 Å². The van der Waals surface area contributed by atoms with Crippen LogP contribution >= 0.6 is 11.3 Å². The van der Waals surface area contributed by atoms with E-state index >= 15 is 0 Å². The van der Waals surface area contributed by atoms with E-state index in [9.17, 15) is 4.79 Å². The van der Waals surface area contributed by atoms with Gasteiger partial charge in [-0.25, -0.2) is 0 Å². The fraction of sp³-hybridized carbons (Fsp3) is 0.643. The summed E-state index contributed by atoms with van der Waals surface area (Å²) in [4.78, 5) is 12.7. The van der Waals surface area contributed by atoms with E-state index in [0.29, 0.717) is 19.1 Å². The van der Waals surface area contributed by atoms with Gasteiger partial charge >= 0.3 is 0 Å². The summed E-state index contributed by atoms with van der Waals surface area (Å²) in [5, 5.41) is 8.25. The quantitative estimate of drug-likeness (QED) is 0.746. The summed E-state index contributed by atoms with van der Waals surface area (Å²) in [6.07, 6.45) is 3.99. The Balaban J connectivity index is 1.48. The Labute approximate surface area is 118 Å². The van der Waals surface area contributed by atoms with E-state index in [1.165, 1.54) is 0 Å². The second-order valence-corrected chi connectivity index (χ2v) is 5.81. The molecule has 5 heteroatoms. The Kier molecular flexibility index (Phi) is 6.33. The molecule has 0 aromatic carbocycles. The molecule has 0 aliphatic carbocycles. The van der Waals surface area contributed by atoms with Crippen molar-refractivity contribution >= 4 is 17.2 Å². The van der Waals surface area contributed by atoms with Gasteiger partial charge in [-0.2, -0.15) is 0 Å². The highest BCUT2D eigenvalue weighted by molar-refractivity contribution is 7.10. The van der Waals surface area contributed by atoms with Crippen LogP contribution in [0, 0.1) is 0 Å². The molecule has 4 nitrogen and oxygen atoms in total. The summed E-state index contributed by atoms with van der Waals surface area (Å²) >= 11 is 1.62. The monoisotopic (exact) mass is 282 g/mol. The summed E-state index contributed by atoms with van der Waals surface area (Å²) in [6, 6.07) is 3.96. The molecule has 0 bridgehead atoms. The first-order valence-electron chi connectivity index (χ1n) is 6.96. The predicted molar refractivity (Wildman–Crippen MR) is 77.5 cm³/mol. The van der Waals surface area contributed by atoms with Gasteiger partial charge in [0.25, 0.3) is 0 Å². The molecule has 0 radical (unpaired) electrons. The molecule has 0 saturated carbocycles. The maximum atomic E-state index is 11.6. The number of carbonyl (C=O) groups is 1. The smallest absolute Gasteiger partial charge is 0.225 e. The molecule has 1 aliphatic heterocycles. The molecular weight excluding hydrogens is 260 g/mol. The molecule has 1 aromatic heterocycles. The van der Waals surface area contributed by atoms with Crippen molar-refractivity contribution in [2.75, 3.05) is 26.2 Å². The highest BCUT2D eigenvalue weighted by atomic mass is 32.1. The van der Waals surface area contributed by atoms with Crippen LogP contribution < -0.4 is 10.6 Å². The van der Waals surface area contributed by atoms with Crippen molar-refractivity contribution in [3.8, 4) is 0 Å². The third kappa shape index (κ3) is 5.72. The number of carbonyl (C=O) groups excluding carboxylic acids is 1. The van der Waals surface area contributed by atoms with Crippen LogP contribution in [-0.4, -0.2) is 38.3 Å². The molecule has 2 rings (SSSR count). The summed E-state index contributed by atoms with van der Waals surface area (Å²) in [7, 11) is 0. The minimum absolute atomic E-state index is 0.101. The molecule has 0 unspecified atom stereocenters. The number of ether oxygens (including phenoxy) is 1. The molecule has 2 heterocycles. The van der Waals surface area contributed by atoms with Crippen LogP contribution in [0.1, 0.15) is 24.1 Å². The van der Waals surface area contributed by atoms with Crippen LogP contribution in [0.25, 0.3) is 0 Å². The van der Waals surface area contributed by atoms with Gasteiger partial charge in [-0.15, -0.1) is 11.3 Å². The largest absolute Gasteiger partial charge is 0.378 e. The van der Waals surface area contributed by atoms with Crippen molar-refractivity contribution in [2.45, 2.75) is 31.8 Å². The second kappa shape index (κ2) is 8.30. The number of hydrogen-bond donors (Lipinski definition) is 2. The number of hydrogen-bond acceptors (Lipinski definition) is 4. The molecule has 1 aromatic rings. The average Bonchev–Trinajstić information content (AvgIpc) is 2.92. The van der Waals surface area contributed by atoms with E-state index in [2.05, 4.69) is 10.6 Å². The van der Waals surface area contributed by atoms with E-state index in [4.69, 9.17) is 4.74 Å². The Morgan fingerprint density at radius 3 is 3.05 bits per heavy atom. The van der Waals surface area contributed by atoms with Crippen LogP contribution in [0.4, 0.5) is 0 Å².